The Morgan fingerprint density at radius 3 is 2.43 bits per heavy atom. The van der Waals surface area contributed by atoms with Gasteiger partial charge in [-0.05, 0) is 23.8 Å². The van der Waals surface area contributed by atoms with Crippen LogP contribution in [0.4, 0.5) is 14.5 Å². The zero-order chi connectivity index (χ0) is 20.9. The molecule has 3 aromatic rings. The molecule has 1 aromatic heterocycles. The number of aromatic nitrogens is 1. The van der Waals surface area contributed by atoms with Gasteiger partial charge in [0.1, 0.15) is 16.0 Å². The summed E-state index contributed by atoms with van der Waals surface area (Å²) < 4.78 is 28.5. The maximum atomic E-state index is 14.0. The standard InChI is InChI=1S/C22H21F2N3OS2/c23-18-6-2-1-5-16(18)14-29-22-25-17(15-30-22)13-21(28)27-11-9-26(10-12-27)20-8-4-3-7-19(20)24/h1-8,15H,9-14H2. The SMILES string of the molecule is O=C(Cc1csc(SCc2ccccc2F)n1)N1CCN(c2ccccc2F)CC1. The molecule has 0 radical (unpaired) electrons. The molecule has 1 amide bonds. The molecular formula is C22H21F2N3OS2. The molecule has 30 heavy (non-hydrogen) atoms. The van der Waals surface area contributed by atoms with Crippen molar-refractivity contribution in [3.05, 3.63) is 76.8 Å². The van der Waals surface area contributed by atoms with E-state index in [-0.39, 0.29) is 24.0 Å². The van der Waals surface area contributed by atoms with E-state index in [1.807, 2.05) is 27.3 Å². The van der Waals surface area contributed by atoms with Crippen molar-refractivity contribution >= 4 is 34.7 Å². The van der Waals surface area contributed by atoms with Gasteiger partial charge in [0.15, 0.2) is 0 Å². The van der Waals surface area contributed by atoms with Gasteiger partial charge in [-0.2, -0.15) is 0 Å². The number of carbonyl (C=O) groups is 1. The van der Waals surface area contributed by atoms with Crippen molar-refractivity contribution in [1.29, 1.82) is 0 Å². The first kappa shape index (κ1) is 20.8. The molecule has 0 N–H and O–H groups in total. The lowest BCUT2D eigenvalue weighted by atomic mass is 10.2. The number of hydrogen-bond acceptors (Lipinski definition) is 5. The quantitative estimate of drug-likeness (QED) is 0.520. The van der Waals surface area contributed by atoms with Crippen LogP contribution < -0.4 is 4.90 Å². The molecule has 0 unspecified atom stereocenters. The number of anilines is 1. The second-order valence-corrected chi connectivity index (χ2v) is 9.06. The second kappa shape index (κ2) is 9.57. The van der Waals surface area contributed by atoms with Crippen LogP contribution in [0.15, 0.2) is 58.3 Å². The minimum atomic E-state index is -0.236. The number of thioether (sulfide) groups is 1. The number of hydrogen-bond donors (Lipinski definition) is 0. The highest BCUT2D eigenvalue weighted by Crippen LogP contribution is 2.27. The van der Waals surface area contributed by atoms with E-state index in [1.165, 1.54) is 35.2 Å². The van der Waals surface area contributed by atoms with E-state index >= 15 is 0 Å². The van der Waals surface area contributed by atoms with Crippen LogP contribution in [0, 0.1) is 11.6 Å². The van der Waals surface area contributed by atoms with Crippen LogP contribution in [-0.4, -0.2) is 42.0 Å². The Labute approximate surface area is 182 Å². The number of amides is 1. The van der Waals surface area contributed by atoms with Gasteiger partial charge in [0.25, 0.3) is 0 Å². The zero-order valence-corrected chi connectivity index (χ0v) is 17.9. The molecule has 2 heterocycles. The highest BCUT2D eigenvalue weighted by Gasteiger charge is 2.23. The molecule has 8 heteroatoms. The van der Waals surface area contributed by atoms with Crippen molar-refractivity contribution in [3.8, 4) is 0 Å². The van der Waals surface area contributed by atoms with Crippen molar-refractivity contribution in [2.45, 2.75) is 16.5 Å². The summed E-state index contributed by atoms with van der Waals surface area (Å²) in [4.78, 5) is 20.9. The van der Waals surface area contributed by atoms with Gasteiger partial charge >= 0.3 is 0 Å². The Balaban J connectivity index is 1.28. The predicted octanol–water partition coefficient (Wildman–Crippen LogP) is 4.60. The summed E-state index contributed by atoms with van der Waals surface area (Å²) in [5.74, 6) is 0.0803. The third-order valence-corrected chi connectivity index (χ3v) is 7.12. The molecule has 0 bridgehead atoms. The fourth-order valence-corrected chi connectivity index (χ4v) is 5.19. The molecule has 4 nitrogen and oxygen atoms in total. The molecule has 1 saturated heterocycles. The number of piperazine rings is 1. The number of nitrogens with zero attached hydrogens (tertiary/aromatic N) is 3. The number of para-hydroxylation sites is 1. The average Bonchev–Trinajstić information content (AvgIpc) is 3.21. The molecule has 0 atom stereocenters. The van der Waals surface area contributed by atoms with E-state index < -0.39 is 0 Å². The lowest BCUT2D eigenvalue weighted by Crippen LogP contribution is -2.49. The Kier molecular flexibility index (Phi) is 6.64. The van der Waals surface area contributed by atoms with E-state index in [0.29, 0.717) is 43.2 Å². The predicted molar refractivity (Wildman–Crippen MR) is 117 cm³/mol. The van der Waals surface area contributed by atoms with Crippen molar-refractivity contribution in [2.24, 2.45) is 0 Å². The molecule has 156 valence electrons. The van der Waals surface area contributed by atoms with Gasteiger partial charge in [-0.25, -0.2) is 13.8 Å². The first-order valence-electron chi connectivity index (χ1n) is 9.68. The average molecular weight is 446 g/mol. The Morgan fingerprint density at radius 2 is 1.70 bits per heavy atom. The van der Waals surface area contributed by atoms with Gasteiger partial charge < -0.3 is 9.80 Å². The summed E-state index contributed by atoms with van der Waals surface area (Å²) >= 11 is 2.94. The molecule has 0 spiro atoms. The van der Waals surface area contributed by atoms with Crippen molar-refractivity contribution < 1.29 is 13.6 Å². The van der Waals surface area contributed by atoms with E-state index in [0.717, 1.165) is 10.0 Å². The number of thiazole rings is 1. The van der Waals surface area contributed by atoms with E-state index in [4.69, 9.17) is 0 Å². The first-order valence-corrected chi connectivity index (χ1v) is 11.5. The Hall–Kier alpha value is -2.45. The monoisotopic (exact) mass is 445 g/mol. The van der Waals surface area contributed by atoms with Crippen molar-refractivity contribution in [1.82, 2.24) is 9.88 Å². The van der Waals surface area contributed by atoms with Gasteiger partial charge in [-0.3, -0.25) is 4.79 Å². The van der Waals surface area contributed by atoms with Crippen LogP contribution in [0.5, 0.6) is 0 Å². The van der Waals surface area contributed by atoms with Crippen LogP contribution in [0.1, 0.15) is 11.3 Å². The summed E-state index contributed by atoms with van der Waals surface area (Å²) in [6.45, 7) is 2.33. The van der Waals surface area contributed by atoms with Gasteiger partial charge in [0.05, 0.1) is 17.8 Å². The summed E-state index contributed by atoms with van der Waals surface area (Å²) in [7, 11) is 0. The molecule has 4 rings (SSSR count). The molecule has 0 saturated carbocycles. The molecule has 0 aliphatic carbocycles. The van der Waals surface area contributed by atoms with E-state index in [9.17, 15) is 13.6 Å². The summed E-state index contributed by atoms with van der Waals surface area (Å²) in [6.07, 6.45) is 0.246. The zero-order valence-electron chi connectivity index (χ0n) is 16.3. The van der Waals surface area contributed by atoms with Crippen molar-refractivity contribution in [3.63, 3.8) is 0 Å². The fraction of sp³-hybridized carbons (Fsp3) is 0.273. The van der Waals surface area contributed by atoms with Crippen LogP contribution in [-0.2, 0) is 17.0 Å². The van der Waals surface area contributed by atoms with Crippen LogP contribution in [0.2, 0.25) is 0 Å². The maximum absolute atomic E-state index is 14.0. The van der Waals surface area contributed by atoms with Gasteiger partial charge in [0, 0.05) is 37.3 Å². The number of carbonyl (C=O) groups excluding carboxylic acids is 1. The molecule has 1 aliphatic heterocycles. The molecule has 2 aromatic carbocycles. The van der Waals surface area contributed by atoms with E-state index in [1.54, 1.807) is 24.3 Å². The van der Waals surface area contributed by atoms with Crippen LogP contribution >= 0.6 is 23.1 Å². The lowest BCUT2D eigenvalue weighted by molar-refractivity contribution is -0.130. The van der Waals surface area contributed by atoms with Crippen LogP contribution in [0.25, 0.3) is 0 Å². The number of halogens is 2. The Bertz CT molecular complexity index is 1020. The highest BCUT2D eigenvalue weighted by molar-refractivity contribution is 8.00. The van der Waals surface area contributed by atoms with Crippen LogP contribution in [0.3, 0.4) is 0 Å². The lowest BCUT2D eigenvalue weighted by Gasteiger charge is -2.36. The number of rotatable bonds is 6. The maximum Gasteiger partial charge on any atom is 0.228 e. The van der Waals surface area contributed by atoms with Gasteiger partial charge in [-0.1, -0.05) is 42.1 Å². The largest absolute Gasteiger partial charge is 0.366 e. The van der Waals surface area contributed by atoms with Gasteiger partial charge in [0.2, 0.25) is 5.91 Å². The third kappa shape index (κ3) is 4.99. The van der Waals surface area contributed by atoms with Crippen molar-refractivity contribution in [2.75, 3.05) is 31.1 Å². The third-order valence-electron chi connectivity index (χ3n) is 5.00. The molecular weight excluding hydrogens is 424 g/mol. The molecule has 1 aliphatic rings. The molecule has 1 fully saturated rings. The fourth-order valence-electron chi connectivity index (χ4n) is 3.36. The smallest absolute Gasteiger partial charge is 0.228 e. The normalized spacial score (nSPS) is 14.2. The van der Waals surface area contributed by atoms with Gasteiger partial charge in [-0.15, -0.1) is 11.3 Å². The summed E-state index contributed by atoms with van der Waals surface area (Å²) in [5, 5.41) is 1.89. The highest BCUT2D eigenvalue weighted by atomic mass is 32.2. The second-order valence-electron chi connectivity index (χ2n) is 6.98. The Morgan fingerprint density at radius 1 is 1.00 bits per heavy atom. The van der Waals surface area contributed by atoms with E-state index in [2.05, 4.69) is 4.98 Å². The first-order chi connectivity index (χ1) is 14.6. The number of benzene rings is 2. The minimum absolute atomic E-state index is 0.0270. The topological polar surface area (TPSA) is 36.4 Å². The summed E-state index contributed by atoms with van der Waals surface area (Å²) in [5.41, 5.74) is 1.96. The minimum Gasteiger partial charge on any atom is -0.366 e. The summed E-state index contributed by atoms with van der Waals surface area (Å²) in [6, 6.07) is 13.4.